The van der Waals surface area contributed by atoms with E-state index in [-0.39, 0.29) is 11.7 Å². The number of benzene rings is 1. The van der Waals surface area contributed by atoms with Crippen molar-refractivity contribution in [3.05, 3.63) is 28.3 Å². The van der Waals surface area contributed by atoms with Crippen molar-refractivity contribution in [3.8, 4) is 0 Å². The molecule has 1 heterocycles. The van der Waals surface area contributed by atoms with Gasteiger partial charge >= 0.3 is 5.51 Å². The van der Waals surface area contributed by atoms with Crippen LogP contribution in [0.5, 0.6) is 0 Å². The van der Waals surface area contributed by atoms with Gasteiger partial charge in [0.2, 0.25) is 0 Å². The first-order valence-electron chi connectivity index (χ1n) is 7.00. The van der Waals surface area contributed by atoms with E-state index < -0.39 is 30.9 Å². The van der Waals surface area contributed by atoms with Crippen LogP contribution in [0.4, 0.5) is 24.5 Å². The fraction of sp³-hybridized carbons (Fsp3) is 0.538. The van der Waals surface area contributed by atoms with Crippen molar-refractivity contribution in [2.24, 2.45) is 0 Å². The third-order valence-corrected chi connectivity index (χ3v) is 6.24. The third kappa shape index (κ3) is 3.61. The molecule has 1 aromatic rings. The molecule has 0 N–H and O–H groups in total. The SMILES string of the molecule is CC1CCSCCN1c1ccc(S(=O)(=O)C(F)(F)F)cc1[N+](=O)[O-]. The van der Waals surface area contributed by atoms with Crippen molar-refractivity contribution in [2.75, 3.05) is 23.0 Å². The summed E-state index contributed by atoms with van der Waals surface area (Å²) in [4.78, 5) is 11.0. The van der Waals surface area contributed by atoms with E-state index in [2.05, 4.69) is 0 Å². The van der Waals surface area contributed by atoms with E-state index in [0.717, 1.165) is 30.1 Å². The number of halogens is 3. The molecule has 0 radical (unpaired) electrons. The fourth-order valence-corrected chi connectivity index (χ4v) is 4.27. The van der Waals surface area contributed by atoms with Gasteiger partial charge in [0.1, 0.15) is 5.69 Å². The second-order valence-electron chi connectivity index (χ2n) is 5.30. The summed E-state index contributed by atoms with van der Waals surface area (Å²) in [6, 6.07) is 2.31. The highest BCUT2D eigenvalue weighted by molar-refractivity contribution is 7.99. The second-order valence-corrected chi connectivity index (χ2v) is 8.47. The topological polar surface area (TPSA) is 80.5 Å². The van der Waals surface area contributed by atoms with Gasteiger partial charge in [-0.15, -0.1) is 0 Å². The number of thioether (sulfide) groups is 1. The monoisotopic (exact) mass is 384 g/mol. The Labute approximate surface area is 141 Å². The lowest BCUT2D eigenvalue weighted by molar-refractivity contribution is -0.384. The minimum Gasteiger partial charge on any atom is -0.362 e. The molecule has 1 unspecified atom stereocenters. The van der Waals surface area contributed by atoms with Crippen LogP contribution in [0.15, 0.2) is 23.1 Å². The van der Waals surface area contributed by atoms with Crippen LogP contribution in [0, 0.1) is 10.1 Å². The molecule has 1 aliphatic heterocycles. The highest BCUT2D eigenvalue weighted by Gasteiger charge is 2.47. The highest BCUT2D eigenvalue weighted by Crippen LogP contribution is 2.37. The summed E-state index contributed by atoms with van der Waals surface area (Å²) >= 11 is 1.69. The Hall–Kier alpha value is -1.49. The van der Waals surface area contributed by atoms with Crippen molar-refractivity contribution in [1.82, 2.24) is 0 Å². The maximum absolute atomic E-state index is 12.7. The van der Waals surface area contributed by atoms with Gasteiger partial charge in [0.05, 0.1) is 9.82 Å². The van der Waals surface area contributed by atoms with Crippen molar-refractivity contribution < 1.29 is 26.5 Å². The molecule has 24 heavy (non-hydrogen) atoms. The van der Waals surface area contributed by atoms with Gasteiger partial charge in [-0.1, -0.05) is 0 Å². The van der Waals surface area contributed by atoms with Crippen molar-refractivity contribution >= 4 is 33.0 Å². The quantitative estimate of drug-likeness (QED) is 0.588. The third-order valence-electron chi connectivity index (χ3n) is 3.76. The lowest BCUT2D eigenvalue weighted by Crippen LogP contribution is -2.34. The van der Waals surface area contributed by atoms with Gasteiger partial charge in [-0.05, 0) is 31.2 Å². The maximum Gasteiger partial charge on any atom is 0.501 e. The minimum atomic E-state index is -5.63. The first-order chi connectivity index (χ1) is 11.1. The molecule has 1 aromatic carbocycles. The van der Waals surface area contributed by atoms with Crippen LogP contribution < -0.4 is 4.90 Å². The summed E-state index contributed by atoms with van der Waals surface area (Å²) in [5.74, 6) is 1.61. The summed E-state index contributed by atoms with van der Waals surface area (Å²) in [6.07, 6.45) is 0.768. The Morgan fingerprint density at radius 3 is 2.58 bits per heavy atom. The van der Waals surface area contributed by atoms with Crippen LogP contribution in [0.1, 0.15) is 13.3 Å². The van der Waals surface area contributed by atoms with E-state index in [9.17, 15) is 31.7 Å². The number of nitrogens with zero attached hydrogens (tertiary/aromatic N) is 2. The first kappa shape index (κ1) is 18.8. The van der Waals surface area contributed by atoms with Gasteiger partial charge in [0, 0.05) is 24.4 Å². The molecular weight excluding hydrogens is 369 g/mol. The molecule has 0 spiro atoms. The predicted molar refractivity (Wildman–Crippen MR) is 85.1 cm³/mol. The Bertz CT molecular complexity index is 737. The molecule has 6 nitrogen and oxygen atoms in total. The Morgan fingerprint density at radius 1 is 1.33 bits per heavy atom. The van der Waals surface area contributed by atoms with Gasteiger partial charge < -0.3 is 4.90 Å². The Morgan fingerprint density at radius 2 is 2.00 bits per heavy atom. The van der Waals surface area contributed by atoms with Crippen LogP contribution >= 0.6 is 11.8 Å². The van der Waals surface area contributed by atoms with E-state index in [1.165, 1.54) is 0 Å². The Kier molecular flexibility index (Phi) is 5.33. The van der Waals surface area contributed by atoms with Crippen molar-refractivity contribution in [3.63, 3.8) is 0 Å². The van der Waals surface area contributed by atoms with E-state index >= 15 is 0 Å². The minimum absolute atomic E-state index is 0.0382. The zero-order chi connectivity index (χ0) is 18.1. The van der Waals surface area contributed by atoms with Crippen LogP contribution in [0.25, 0.3) is 0 Å². The number of alkyl halides is 3. The molecule has 0 bridgehead atoms. The molecule has 0 amide bonds. The van der Waals surface area contributed by atoms with Crippen molar-refractivity contribution in [2.45, 2.75) is 29.8 Å². The standard InChI is InChI=1S/C13H15F3N2O4S2/c1-9-4-6-23-7-5-17(9)11-3-2-10(8-12(11)18(19)20)24(21,22)13(14,15)16/h2-3,8-9H,4-7H2,1H3. The summed E-state index contributed by atoms with van der Waals surface area (Å²) in [5.41, 5.74) is -6.01. The fourth-order valence-electron chi connectivity index (χ4n) is 2.45. The van der Waals surface area contributed by atoms with Gasteiger partial charge in [-0.2, -0.15) is 24.9 Å². The molecule has 0 saturated carbocycles. The number of rotatable bonds is 3. The van der Waals surface area contributed by atoms with Crippen LogP contribution in [0.2, 0.25) is 0 Å². The molecular formula is C13H15F3N2O4S2. The molecule has 1 saturated heterocycles. The summed E-state index contributed by atoms with van der Waals surface area (Å²) in [7, 11) is -5.63. The van der Waals surface area contributed by atoms with E-state index in [1.54, 1.807) is 16.7 Å². The second kappa shape index (κ2) is 6.79. The summed E-state index contributed by atoms with van der Waals surface area (Å²) in [5, 5.41) is 11.3. The number of nitro groups is 1. The predicted octanol–water partition coefficient (Wildman–Crippen LogP) is 3.22. The summed E-state index contributed by atoms with van der Waals surface area (Å²) in [6.45, 7) is 2.37. The molecule has 1 aliphatic rings. The lowest BCUT2D eigenvalue weighted by Gasteiger charge is -2.28. The number of hydrogen-bond donors (Lipinski definition) is 0. The molecule has 1 fully saturated rings. The average Bonchev–Trinajstić information content (AvgIpc) is 2.70. The van der Waals surface area contributed by atoms with Gasteiger partial charge in [0.25, 0.3) is 15.5 Å². The zero-order valence-electron chi connectivity index (χ0n) is 12.6. The molecule has 0 aromatic heterocycles. The normalized spacial score (nSPS) is 19.8. The van der Waals surface area contributed by atoms with E-state index in [1.807, 2.05) is 6.92 Å². The molecule has 1 atom stereocenters. The highest BCUT2D eigenvalue weighted by atomic mass is 32.2. The smallest absolute Gasteiger partial charge is 0.362 e. The average molecular weight is 384 g/mol. The van der Waals surface area contributed by atoms with Crippen LogP contribution in [0.3, 0.4) is 0 Å². The van der Waals surface area contributed by atoms with Crippen LogP contribution in [-0.4, -0.2) is 42.9 Å². The molecule has 134 valence electrons. The number of sulfone groups is 1. The zero-order valence-corrected chi connectivity index (χ0v) is 14.2. The summed E-state index contributed by atoms with van der Waals surface area (Å²) < 4.78 is 60.9. The largest absolute Gasteiger partial charge is 0.501 e. The Balaban J connectivity index is 2.54. The maximum atomic E-state index is 12.7. The number of nitro benzene ring substituents is 1. The van der Waals surface area contributed by atoms with E-state index in [0.29, 0.717) is 12.6 Å². The van der Waals surface area contributed by atoms with Gasteiger partial charge in [0.15, 0.2) is 0 Å². The molecule has 0 aliphatic carbocycles. The van der Waals surface area contributed by atoms with Gasteiger partial charge in [-0.3, -0.25) is 10.1 Å². The first-order valence-corrected chi connectivity index (χ1v) is 9.63. The molecule has 2 rings (SSSR count). The van der Waals surface area contributed by atoms with Crippen molar-refractivity contribution in [1.29, 1.82) is 0 Å². The van der Waals surface area contributed by atoms with E-state index in [4.69, 9.17) is 0 Å². The number of hydrogen-bond acceptors (Lipinski definition) is 6. The lowest BCUT2D eigenvalue weighted by atomic mass is 10.1. The van der Waals surface area contributed by atoms with Gasteiger partial charge in [-0.25, -0.2) is 8.42 Å². The van der Waals surface area contributed by atoms with Crippen LogP contribution in [-0.2, 0) is 9.84 Å². The molecule has 11 heteroatoms. The number of anilines is 1.